The number of benzene rings is 1. The quantitative estimate of drug-likeness (QED) is 0.932. The molecule has 0 radical (unpaired) electrons. The summed E-state index contributed by atoms with van der Waals surface area (Å²) in [5.41, 5.74) is 3.67. The predicted molar refractivity (Wildman–Crippen MR) is 91.4 cm³/mol. The lowest BCUT2D eigenvalue weighted by molar-refractivity contribution is 0.0736. The minimum atomic E-state index is -0.0102. The molecule has 1 aliphatic carbocycles. The Balaban J connectivity index is 1.68. The van der Waals surface area contributed by atoms with E-state index in [0.29, 0.717) is 11.6 Å². The first-order valence-corrected chi connectivity index (χ1v) is 8.65. The van der Waals surface area contributed by atoms with Crippen molar-refractivity contribution in [2.75, 3.05) is 20.1 Å². The van der Waals surface area contributed by atoms with Crippen LogP contribution in [0.2, 0.25) is 0 Å². The van der Waals surface area contributed by atoms with E-state index in [1.54, 1.807) is 0 Å². The molecule has 1 saturated heterocycles. The molecule has 2 aromatic rings. The van der Waals surface area contributed by atoms with Crippen LogP contribution in [-0.2, 0) is 0 Å². The molecule has 1 atom stereocenters. The smallest absolute Gasteiger partial charge is 0.276 e. The Morgan fingerprint density at radius 2 is 2.00 bits per heavy atom. The van der Waals surface area contributed by atoms with Gasteiger partial charge < -0.3 is 10.2 Å². The summed E-state index contributed by atoms with van der Waals surface area (Å²) in [7, 11) is 1.88. The molecule has 2 heterocycles. The van der Waals surface area contributed by atoms with E-state index in [9.17, 15) is 4.79 Å². The van der Waals surface area contributed by atoms with Crippen molar-refractivity contribution in [3.8, 4) is 5.69 Å². The van der Waals surface area contributed by atoms with Gasteiger partial charge >= 0.3 is 0 Å². The Morgan fingerprint density at radius 3 is 2.62 bits per heavy atom. The van der Waals surface area contributed by atoms with Crippen molar-refractivity contribution in [2.45, 2.75) is 38.1 Å². The van der Waals surface area contributed by atoms with Crippen molar-refractivity contribution >= 4 is 5.91 Å². The van der Waals surface area contributed by atoms with Crippen molar-refractivity contribution in [2.24, 2.45) is 0 Å². The molecule has 1 N–H and O–H groups in total. The van der Waals surface area contributed by atoms with Gasteiger partial charge in [0.1, 0.15) is 0 Å². The van der Waals surface area contributed by atoms with E-state index in [1.807, 2.05) is 28.8 Å². The van der Waals surface area contributed by atoms with Gasteiger partial charge in [0, 0.05) is 25.6 Å². The van der Waals surface area contributed by atoms with E-state index in [-0.39, 0.29) is 11.9 Å². The van der Waals surface area contributed by atoms with Crippen LogP contribution in [0.3, 0.4) is 0 Å². The third-order valence-corrected chi connectivity index (χ3v) is 5.05. The van der Waals surface area contributed by atoms with Crippen molar-refractivity contribution < 1.29 is 4.79 Å². The zero-order chi connectivity index (χ0) is 16.7. The summed E-state index contributed by atoms with van der Waals surface area (Å²) in [4.78, 5) is 14.8. The summed E-state index contributed by atoms with van der Waals surface area (Å²) in [6.45, 7) is 3.88. The molecule has 0 bridgehead atoms. The molecule has 1 aliphatic heterocycles. The maximum absolute atomic E-state index is 13.0. The van der Waals surface area contributed by atoms with E-state index >= 15 is 0 Å². The second-order valence-electron chi connectivity index (χ2n) is 6.91. The van der Waals surface area contributed by atoms with Gasteiger partial charge in [-0.15, -0.1) is 5.10 Å². The SMILES string of the molecule is Cc1ccc(-n2nnc(C(=O)N(C)[C@@H]3CCNC3)c2C2CC2)cc1. The summed E-state index contributed by atoms with van der Waals surface area (Å²) >= 11 is 0. The van der Waals surface area contributed by atoms with Crippen LogP contribution in [0.4, 0.5) is 0 Å². The van der Waals surface area contributed by atoms with Gasteiger partial charge in [0.15, 0.2) is 5.69 Å². The maximum atomic E-state index is 13.0. The fourth-order valence-electron chi connectivity index (χ4n) is 3.34. The highest BCUT2D eigenvalue weighted by molar-refractivity contribution is 5.93. The Morgan fingerprint density at radius 1 is 1.25 bits per heavy atom. The normalized spacial score (nSPS) is 20.3. The first-order chi connectivity index (χ1) is 11.6. The van der Waals surface area contributed by atoms with Crippen LogP contribution >= 0.6 is 0 Å². The number of amides is 1. The number of carbonyl (C=O) groups is 1. The van der Waals surface area contributed by atoms with Gasteiger partial charge in [0.25, 0.3) is 5.91 Å². The molecule has 1 aromatic carbocycles. The molecule has 6 heteroatoms. The molecule has 0 unspecified atom stereocenters. The monoisotopic (exact) mass is 325 g/mol. The Hall–Kier alpha value is -2.21. The fourth-order valence-corrected chi connectivity index (χ4v) is 3.34. The van der Waals surface area contributed by atoms with E-state index in [4.69, 9.17) is 0 Å². The van der Waals surface area contributed by atoms with Crippen molar-refractivity contribution in [1.29, 1.82) is 0 Å². The Bertz CT molecular complexity index is 741. The van der Waals surface area contributed by atoms with Gasteiger partial charge in [-0.25, -0.2) is 4.68 Å². The lowest BCUT2D eigenvalue weighted by Crippen LogP contribution is -2.39. The summed E-state index contributed by atoms with van der Waals surface area (Å²) < 4.78 is 1.85. The first kappa shape index (κ1) is 15.3. The molecule has 6 nitrogen and oxygen atoms in total. The second kappa shape index (κ2) is 6.02. The molecule has 2 fully saturated rings. The molecule has 2 aliphatic rings. The number of aryl methyl sites for hydroxylation is 1. The van der Waals surface area contributed by atoms with E-state index in [2.05, 4.69) is 34.7 Å². The average Bonchev–Trinajstić information content (AvgIpc) is 3.12. The van der Waals surface area contributed by atoms with Gasteiger partial charge in [-0.05, 0) is 44.9 Å². The van der Waals surface area contributed by atoms with Crippen molar-refractivity contribution in [3.05, 3.63) is 41.2 Å². The highest BCUT2D eigenvalue weighted by Gasteiger charge is 2.36. The molecule has 0 spiro atoms. The van der Waals surface area contributed by atoms with Crippen LogP contribution in [-0.4, -0.2) is 52.0 Å². The fraction of sp³-hybridized carbons (Fsp3) is 0.500. The molecular weight excluding hydrogens is 302 g/mol. The Kier molecular flexibility index (Phi) is 3.84. The van der Waals surface area contributed by atoms with E-state index in [1.165, 1.54) is 5.56 Å². The average molecular weight is 325 g/mol. The molecule has 1 aromatic heterocycles. The minimum absolute atomic E-state index is 0.0102. The highest BCUT2D eigenvalue weighted by Crippen LogP contribution is 2.42. The number of nitrogens with one attached hydrogen (secondary N) is 1. The standard InChI is InChI=1S/C18H23N5O/c1-12-3-7-14(8-4-12)23-17(13-5-6-13)16(20-21-23)18(24)22(2)15-9-10-19-11-15/h3-4,7-8,13,15,19H,5-6,9-11H2,1-2H3/t15-/m1/s1. The van der Waals surface area contributed by atoms with Gasteiger partial charge in [-0.2, -0.15) is 0 Å². The first-order valence-electron chi connectivity index (χ1n) is 8.65. The zero-order valence-electron chi connectivity index (χ0n) is 14.2. The number of rotatable bonds is 4. The highest BCUT2D eigenvalue weighted by atomic mass is 16.2. The molecule has 1 saturated carbocycles. The van der Waals surface area contributed by atoms with Gasteiger partial charge in [-0.3, -0.25) is 4.79 Å². The van der Waals surface area contributed by atoms with Gasteiger partial charge in [-0.1, -0.05) is 22.9 Å². The molecule has 126 valence electrons. The third-order valence-electron chi connectivity index (χ3n) is 5.05. The van der Waals surface area contributed by atoms with Crippen molar-refractivity contribution in [1.82, 2.24) is 25.2 Å². The van der Waals surface area contributed by atoms with Crippen LogP contribution in [0, 0.1) is 6.92 Å². The number of likely N-dealkylation sites (N-methyl/N-ethyl adjacent to an activating group) is 1. The number of hydrogen-bond donors (Lipinski definition) is 1. The largest absolute Gasteiger partial charge is 0.336 e. The lowest BCUT2D eigenvalue weighted by Gasteiger charge is -2.23. The second-order valence-corrected chi connectivity index (χ2v) is 6.91. The summed E-state index contributed by atoms with van der Waals surface area (Å²) in [6.07, 6.45) is 3.20. The summed E-state index contributed by atoms with van der Waals surface area (Å²) in [6, 6.07) is 8.44. The van der Waals surface area contributed by atoms with E-state index < -0.39 is 0 Å². The number of hydrogen-bond acceptors (Lipinski definition) is 4. The number of aromatic nitrogens is 3. The lowest BCUT2D eigenvalue weighted by atomic mass is 10.1. The maximum Gasteiger partial charge on any atom is 0.276 e. The zero-order valence-corrected chi connectivity index (χ0v) is 14.2. The third kappa shape index (κ3) is 2.71. The van der Waals surface area contributed by atoms with Crippen LogP contribution in [0.25, 0.3) is 5.69 Å². The molecule has 1 amide bonds. The van der Waals surface area contributed by atoms with Gasteiger partial charge in [0.05, 0.1) is 11.4 Å². The van der Waals surface area contributed by atoms with Crippen LogP contribution in [0.15, 0.2) is 24.3 Å². The molecule has 4 rings (SSSR count). The topological polar surface area (TPSA) is 63.1 Å². The van der Waals surface area contributed by atoms with Crippen molar-refractivity contribution in [3.63, 3.8) is 0 Å². The van der Waals surface area contributed by atoms with Crippen LogP contribution in [0.5, 0.6) is 0 Å². The molecular formula is C18H23N5O. The predicted octanol–water partition coefficient (Wildman–Crippen LogP) is 1.89. The number of nitrogens with zero attached hydrogens (tertiary/aromatic N) is 4. The molecule has 24 heavy (non-hydrogen) atoms. The van der Waals surface area contributed by atoms with E-state index in [0.717, 1.165) is 43.7 Å². The number of carbonyl (C=O) groups excluding carboxylic acids is 1. The summed E-state index contributed by atoms with van der Waals surface area (Å²) in [5.74, 6) is 0.388. The van der Waals surface area contributed by atoms with Gasteiger partial charge in [0.2, 0.25) is 0 Å². The minimum Gasteiger partial charge on any atom is -0.336 e. The summed E-state index contributed by atoms with van der Waals surface area (Å²) in [5, 5.41) is 11.9. The van der Waals surface area contributed by atoms with Crippen LogP contribution in [0.1, 0.15) is 46.9 Å². The van der Waals surface area contributed by atoms with Crippen LogP contribution < -0.4 is 5.32 Å². The Labute approximate surface area is 141 Å².